The number of amides is 1. The Hall–Kier alpha value is -3.28. The van der Waals surface area contributed by atoms with Crippen molar-refractivity contribution in [1.82, 2.24) is 9.78 Å². The van der Waals surface area contributed by atoms with Crippen LogP contribution in [0.4, 0.5) is 17.1 Å². The number of benzene rings is 2. The number of hydrogen-bond acceptors (Lipinski definition) is 4. The van der Waals surface area contributed by atoms with Crippen LogP contribution in [-0.4, -0.2) is 36.3 Å². The topological polar surface area (TPSA) is 62.2 Å². The van der Waals surface area contributed by atoms with Crippen molar-refractivity contribution >= 4 is 23.0 Å². The molecule has 0 radical (unpaired) electrons. The summed E-state index contributed by atoms with van der Waals surface area (Å²) >= 11 is 0. The molecule has 0 saturated carbocycles. The maximum absolute atomic E-state index is 12.7. The lowest BCUT2D eigenvalue weighted by molar-refractivity contribution is 0.102. The zero-order valence-corrected chi connectivity index (χ0v) is 15.9. The van der Waals surface area contributed by atoms with Gasteiger partial charge in [-0.3, -0.25) is 9.48 Å². The molecule has 0 fully saturated rings. The number of aryl methyl sites for hydroxylation is 1. The fraction of sp³-hybridized carbons (Fsp3) is 0.238. The maximum Gasteiger partial charge on any atom is 0.257 e. The van der Waals surface area contributed by atoms with Crippen molar-refractivity contribution in [3.63, 3.8) is 0 Å². The van der Waals surface area contributed by atoms with Crippen LogP contribution >= 0.6 is 0 Å². The Morgan fingerprint density at radius 3 is 2.52 bits per heavy atom. The van der Waals surface area contributed by atoms with Crippen LogP contribution in [0.3, 0.4) is 0 Å². The van der Waals surface area contributed by atoms with Crippen molar-refractivity contribution in [1.29, 1.82) is 0 Å². The summed E-state index contributed by atoms with van der Waals surface area (Å²) in [6, 6.07) is 15.5. The molecule has 3 rings (SSSR count). The molecule has 140 valence electrons. The fourth-order valence-corrected chi connectivity index (χ4v) is 2.82. The van der Waals surface area contributed by atoms with Gasteiger partial charge in [-0.05, 0) is 55.0 Å². The van der Waals surface area contributed by atoms with Crippen LogP contribution < -0.4 is 15.5 Å². The summed E-state index contributed by atoms with van der Waals surface area (Å²) in [5, 5.41) is 10.5. The highest BCUT2D eigenvalue weighted by Crippen LogP contribution is 2.22. The average Bonchev–Trinajstić information content (AvgIpc) is 3.16. The first-order valence-corrected chi connectivity index (χ1v) is 8.93. The van der Waals surface area contributed by atoms with Gasteiger partial charge >= 0.3 is 0 Å². The van der Waals surface area contributed by atoms with Crippen molar-refractivity contribution < 1.29 is 4.79 Å². The second-order valence-corrected chi connectivity index (χ2v) is 6.64. The van der Waals surface area contributed by atoms with Gasteiger partial charge in [-0.15, -0.1) is 0 Å². The van der Waals surface area contributed by atoms with Crippen LogP contribution in [0, 0.1) is 6.92 Å². The van der Waals surface area contributed by atoms with E-state index in [1.54, 1.807) is 6.20 Å². The molecule has 6 nitrogen and oxygen atoms in total. The van der Waals surface area contributed by atoms with E-state index in [4.69, 9.17) is 0 Å². The van der Waals surface area contributed by atoms with Crippen LogP contribution in [0.25, 0.3) is 0 Å². The van der Waals surface area contributed by atoms with Crippen molar-refractivity contribution in [3.8, 4) is 0 Å². The molecule has 2 aromatic carbocycles. The molecule has 0 aliphatic carbocycles. The van der Waals surface area contributed by atoms with Crippen LogP contribution in [0.2, 0.25) is 0 Å². The van der Waals surface area contributed by atoms with E-state index in [2.05, 4.69) is 15.7 Å². The number of hydrogen-bond donors (Lipinski definition) is 2. The summed E-state index contributed by atoms with van der Waals surface area (Å²) in [4.78, 5) is 14.6. The van der Waals surface area contributed by atoms with E-state index >= 15 is 0 Å². The molecule has 6 heteroatoms. The van der Waals surface area contributed by atoms with Crippen LogP contribution in [-0.2, 0) is 6.54 Å². The first-order valence-electron chi connectivity index (χ1n) is 8.93. The molecule has 0 spiro atoms. The molecule has 1 heterocycles. The minimum Gasteiger partial charge on any atom is -0.383 e. The predicted molar refractivity (Wildman–Crippen MR) is 111 cm³/mol. The van der Waals surface area contributed by atoms with Crippen molar-refractivity contribution in [2.45, 2.75) is 13.5 Å². The lowest BCUT2D eigenvalue weighted by Gasteiger charge is -2.18. The monoisotopic (exact) mass is 363 g/mol. The number of rotatable bonds is 7. The van der Waals surface area contributed by atoms with E-state index in [0.29, 0.717) is 5.56 Å². The number of nitrogens with one attached hydrogen (secondary N) is 2. The number of carbonyl (C=O) groups excluding carboxylic acids is 1. The lowest BCUT2D eigenvalue weighted by Crippen LogP contribution is -2.18. The van der Waals surface area contributed by atoms with Gasteiger partial charge in [0.2, 0.25) is 0 Å². The molecule has 0 aliphatic heterocycles. The van der Waals surface area contributed by atoms with E-state index in [9.17, 15) is 4.79 Å². The Balaban J connectivity index is 1.60. The molecule has 0 atom stereocenters. The first-order chi connectivity index (χ1) is 13.0. The second kappa shape index (κ2) is 8.40. The van der Waals surface area contributed by atoms with Gasteiger partial charge in [-0.2, -0.15) is 5.10 Å². The Morgan fingerprint density at radius 1 is 1.11 bits per heavy atom. The van der Waals surface area contributed by atoms with Gasteiger partial charge in [0, 0.05) is 50.1 Å². The second-order valence-electron chi connectivity index (χ2n) is 6.64. The van der Waals surface area contributed by atoms with Crippen LogP contribution in [0.15, 0.2) is 60.9 Å². The number of carbonyl (C=O) groups is 1. The fourth-order valence-electron chi connectivity index (χ4n) is 2.82. The van der Waals surface area contributed by atoms with E-state index in [1.807, 2.05) is 85.3 Å². The SMILES string of the molecule is Cc1ccc(C(=O)Nc2ccc(NCCn3cccn3)cc2)c(N(C)C)c1. The molecular formula is C21H25N5O. The molecule has 1 amide bonds. The molecule has 2 N–H and O–H groups in total. The normalized spacial score (nSPS) is 10.5. The van der Waals surface area contributed by atoms with Crippen molar-refractivity contribution in [2.24, 2.45) is 0 Å². The molecule has 0 saturated heterocycles. The van der Waals surface area contributed by atoms with Gasteiger partial charge in [0.05, 0.1) is 12.1 Å². The highest BCUT2D eigenvalue weighted by Gasteiger charge is 2.13. The third-order valence-electron chi connectivity index (χ3n) is 4.25. The van der Waals surface area contributed by atoms with Crippen molar-refractivity contribution in [3.05, 3.63) is 72.1 Å². The van der Waals surface area contributed by atoms with Crippen LogP contribution in [0.5, 0.6) is 0 Å². The highest BCUT2D eigenvalue weighted by molar-refractivity contribution is 6.08. The summed E-state index contributed by atoms with van der Waals surface area (Å²) < 4.78 is 1.88. The first kappa shape index (κ1) is 18.5. The highest BCUT2D eigenvalue weighted by atomic mass is 16.1. The smallest absolute Gasteiger partial charge is 0.257 e. The molecule has 0 bridgehead atoms. The van der Waals surface area contributed by atoms with Gasteiger partial charge in [0.1, 0.15) is 0 Å². The average molecular weight is 363 g/mol. The predicted octanol–water partition coefficient (Wildman–Crippen LogP) is 3.62. The molecule has 27 heavy (non-hydrogen) atoms. The largest absolute Gasteiger partial charge is 0.383 e. The quantitative estimate of drug-likeness (QED) is 0.673. The number of anilines is 3. The van der Waals surface area contributed by atoms with E-state index < -0.39 is 0 Å². The molecule has 0 aliphatic rings. The Kier molecular flexibility index (Phi) is 5.76. The Labute approximate surface area is 159 Å². The molecular weight excluding hydrogens is 338 g/mol. The minimum atomic E-state index is -0.113. The van der Waals surface area contributed by atoms with E-state index in [-0.39, 0.29) is 5.91 Å². The number of aromatic nitrogens is 2. The summed E-state index contributed by atoms with van der Waals surface area (Å²) in [6.07, 6.45) is 3.71. The zero-order chi connectivity index (χ0) is 19.2. The Bertz CT molecular complexity index is 885. The standard InChI is InChI=1S/C21H25N5O/c1-16-5-10-19(20(15-16)25(2)3)21(27)24-18-8-6-17(7-9-18)22-12-14-26-13-4-11-23-26/h4-11,13,15,22H,12,14H2,1-3H3,(H,24,27). The minimum absolute atomic E-state index is 0.113. The third-order valence-corrected chi connectivity index (χ3v) is 4.25. The molecule has 1 aromatic heterocycles. The summed E-state index contributed by atoms with van der Waals surface area (Å²) in [6.45, 7) is 3.60. The number of nitrogens with zero attached hydrogens (tertiary/aromatic N) is 3. The lowest BCUT2D eigenvalue weighted by atomic mass is 10.1. The van der Waals surface area contributed by atoms with E-state index in [0.717, 1.165) is 35.7 Å². The van der Waals surface area contributed by atoms with E-state index in [1.165, 1.54) is 0 Å². The van der Waals surface area contributed by atoms with Gasteiger partial charge in [-0.1, -0.05) is 6.07 Å². The Morgan fingerprint density at radius 2 is 1.85 bits per heavy atom. The van der Waals surface area contributed by atoms with Crippen LogP contribution in [0.1, 0.15) is 15.9 Å². The van der Waals surface area contributed by atoms with Gasteiger partial charge < -0.3 is 15.5 Å². The molecule has 3 aromatic rings. The summed E-state index contributed by atoms with van der Waals surface area (Å²) in [5.41, 5.74) is 4.46. The summed E-state index contributed by atoms with van der Waals surface area (Å²) in [7, 11) is 3.88. The molecule has 0 unspecified atom stereocenters. The maximum atomic E-state index is 12.7. The van der Waals surface area contributed by atoms with Crippen molar-refractivity contribution in [2.75, 3.05) is 36.2 Å². The van der Waals surface area contributed by atoms with Gasteiger partial charge in [-0.25, -0.2) is 0 Å². The zero-order valence-electron chi connectivity index (χ0n) is 15.9. The van der Waals surface area contributed by atoms with Gasteiger partial charge in [0.25, 0.3) is 5.91 Å². The third kappa shape index (κ3) is 4.88. The summed E-state index contributed by atoms with van der Waals surface area (Å²) in [5.74, 6) is -0.113. The van der Waals surface area contributed by atoms with Gasteiger partial charge in [0.15, 0.2) is 0 Å².